The van der Waals surface area contributed by atoms with Crippen LogP contribution in [0.3, 0.4) is 0 Å². The lowest BCUT2D eigenvalue weighted by Crippen LogP contribution is -1.83. The molecule has 1 aromatic carbocycles. The highest BCUT2D eigenvalue weighted by atomic mass is 32.1. The van der Waals surface area contributed by atoms with Gasteiger partial charge in [0.2, 0.25) is 0 Å². The molecule has 0 radical (unpaired) electrons. The number of hydrogen-bond donors (Lipinski definition) is 0. The van der Waals surface area contributed by atoms with Gasteiger partial charge >= 0.3 is 0 Å². The van der Waals surface area contributed by atoms with Crippen molar-refractivity contribution in [3.8, 4) is 0 Å². The molecule has 0 unspecified atom stereocenters. The Morgan fingerprint density at radius 1 is 1.43 bits per heavy atom. The molecule has 0 fully saturated rings. The van der Waals surface area contributed by atoms with Crippen LogP contribution in [0.25, 0.3) is 10.1 Å². The number of aryl methyl sites for hydroxylation is 2. The molecule has 1 heterocycles. The van der Waals surface area contributed by atoms with Crippen LogP contribution < -0.4 is 0 Å². The average molecular weight is 204 g/mol. The van der Waals surface area contributed by atoms with Gasteiger partial charge in [0.05, 0.1) is 4.88 Å². The van der Waals surface area contributed by atoms with Crippen LogP contribution in [0.2, 0.25) is 0 Å². The van der Waals surface area contributed by atoms with Gasteiger partial charge in [-0.2, -0.15) is 0 Å². The highest BCUT2D eigenvalue weighted by Gasteiger charge is 2.09. The topological polar surface area (TPSA) is 17.1 Å². The van der Waals surface area contributed by atoms with Gasteiger partial charge in [-0.15, -0.1) is 11.3 Å². The van der Waals surface area contributed by atoms with E-state index >= 15 is 0 Å². The Kier molecular flexibility index (Phi) is 2.38. The summed E-state index contributed by atoms with van der Waals surface area (Å²) in [7, 11) is 0. The Balaban J connectivity index is 2.79. The monoisotopic (exact) mass is 204 g/mol. The molecule has 1 nitrogen and oxygen atoms in total. The summed E-state index contributed by atoms with van der Waals surface area (Å²) >= 11 is 1.59. The van der Waals surface area contributed by atoms with Crippen molar-refractivity contribution in [1.29, 1.82) is 0 Å². The molecule has 0 spiro atoms. The molecule has 0 saturated carbocycles. The summed E-state index contributed by atoms with van der Waals surface area (Å²) in [6, 6.07) is 6.36. The SMILES string of the molecule is CCc1c(C=O)sc2cc(C)ccc12. The van der Waals surface area contributed by atoms with Crippen molar-refractivity contribution in [3.05, 3.63) is 34.2 Å². The molecule has 72 valence electrons. The number of aldehydes is 1. The Bertz CT molecular complexity index is 482. The first-order chi connectivity index (χ1) is 6.76. The minimum absolute atomic E-state index is 0.883. The van der Waals surface area contributed by atoms with Crippen LogP contribution in [0, 0.1) is 6.92 Å². The van der Waals surface area contributed by atoms with Crippen molar-refractivity contribution in [1.82, 2.24) is 0 Å². The molecular formula is C12H12OS. The first-order valence-corrected chi connectivity index (χ1v) is 5.55. The van der Waals surface area contributed by atoms with E-state index in [2.05, 4.69) is 32.0 Å². The average Bonchev–Trinajstić information content (AvgIpc) is 2.54. The first-order valence-electron chi connectivity index (χ1n) is 4.73. The maximum absolute atomic E-state index is 10.9. The highest BCUT2D eigenvalue weighted by Crippen LogP contribution is 2.31. The summed E-state index contributed by atoms with van der Waals surface area (Å²) in [5.41, 5.74) is 2.44. The van der Waals surface area contributed by atoms with Crippen molar-refractivity contribution in [2.24, 2.45) is 0 Å². The molecule has 0 saturated heterocycles. The zero-order valence-corrected chi connectivity index (χ0v) is 9.15. The molecule has 14 heavy (non-hydrogen) atoms. The van der Waals surface area contributed by atoms with Gasteiger partial charge in [0.1, 0.15) is 0 Å². The fourth-order valence-corrected chi connectivity index (χ4v) is 2.94. The van der Waals surface area contributed by atoms with Gasteiger partial charge in [-0.3, -0.25) is 4.79 Å². The number of fused-ring (bicyclic) bond motifs is 1. The largest absolute Gasteiger partial charge is 0.297 e. The Morgan fingerprint density at radius 2 is 2.21 bits per heavy atom. The van der Waals surface area contributed by atoms with E-state index in [0.29, 0.717) is 0 Å². The molecule has 0 aliphatic rings. The van der Waals surface area contributed by atoms with Crippen LogP contribution in [-0.4, -0.2) is 6.29 Å². The van der Waals surface area contributed by atoms with Gasteiger partial charge in [-0.25, -0.2) is 0 Å². The molecule has 2 aromatic rings. The van der Waals surface area contributed by atoms with E-state index in [4.69, 9.17) is 0 Å². The fraction of sp³-hybridized carbons (Fsp3) is 0.250. The van der Waals surface area contributed by atoms with Crippen LogP contribution >= 0.6 is 11.3 Å². The van der Waals surface area contributed by atoms with E-state index in [0.717, 1.165) is 17.6 Å². The zero-order valence-electron chi connectivity index (χ0n) is 8.33. The van der Waals surface area contributed by atoms with E-state index in [1.807, 2.05) is 0 Å². The smallest absolute Gasteiger partial charge is 0.160 e. The summed E-state index contributed by atoms with van der Waals surface area (Å²) in [5.74, 6) is 0. The second-order valence-electron chi connectivity index (χ2n) is 3.42. The normalized spacial score (nSPS) is 10.7. The molecule has 0 amide bonds. The second-order valence-corrected chi connectivity index (χ2v) is 4.50. The van der Waals surface area contributed by atoms with Gasteiger partial charge < -0.3 is 0 Å². The van der Waals surface area contributed by atoms with Crippen molar-refractivity contribution in [3.63, 3.8) is 0 Å². The summed E-state index contributed by atoms with van der Waals surface area (Å²) in [5, 5.41) is 1.24. The Morgan fingerprint density at radius 3 is 2.86 bits per heavy atom. The maximum atomic E-state index is 10.9. The van der Waals surface area contributed by atoms with Crippen LogP contribution in [0.4, 0.5) is 0 Å². The van der Waals surface area contributed by atoms with E-state index in [1.54, 1.807) is 11.3 Å². The number of benzene rings is 1. The van der Waals surface area contributed by atoms with E-state index in [-0.39, 0.29) is 0 Å². The van der Waals surface area contributed by atoms with Crippen LogP contribution in [0.5, 0.6) is 0 Å². The molecule has 0 aliphatic carbocycles. The third kappa shape index (κ3) is 1.36. The predicted octanol–water partition coefficient (Wildman–Crippen LogP) is 3.58. The number of thiophene rings is 1. The van der Waals surface area contributed by atoms with E-state index in [9.17, 15) is 4.79 Å². The lowest BCUT2D eigenvalue weighted by molar-refractivity contribution is 0.112. The third-order valence-corrected chi connectivity index (χ3v) is 3.56. The zero-order chi connectivity index (χ0) is 10.1. The Labute approximate surface area is 87.4 Å². The number of rotatable bonds is 2. The molecule has 2 heteroatoms. The first kappa shape index (κ1) is 9.41. The van der Waals surface area contributed by atoms with Crippen LogP contribution in [-0.2, 0) is 6.42 Å². The minimum atomic E-state index is 0.883. The van der Waals surface area contributed by atoms with Gasteiger partial charge in [0, 0.05) is 4.70 Å². The third-order valence-electron chi connectivity index (χ3n) is 2.44. The summed E-state index contributed by atoms with van der Waals surface area (Å²) in [6.45, 7) is 4.17. The standard InChI is InChI=1S/C12H12OS/c1-3-9-10-5-4-8(2)6-11(10)14-12(9)7-13/h4-7H,3H2,1-2H3. The van der Waals surface area contributed by atoms with Crippen molar-refractivity contribution in [2.75, 3.05) is 0 Å². The molecule has 0 atom stereocenters. The number of carbonyl (C=O) groups excluding carboxylic acids is 1. The van der Waals surface area contributed by atoms with Gasteiger partial charge in [-0.05, 0) is 35.9 Å². The molecule has 0 aliphatic heterocycles. The Hall–Kier alpha value is -1.15. The number of hydrogen-bond acceptors (Lipinski definition) is 2. The van der Waals surface area contributed by atoms with Crippen molar-refractivity contribution in [2.45, 2.75) is 20.3 Å². The molecule has 2 rings (SSSR count). The second kappa shape index (κ2) is 3.54. The van der Waals surface area contributed by atoms with Gasteiger partial charge in [-0.1, -0.05) is 19.1 Å². The maximum Gasteiger partial charge on any atom is 0.160 e. The lowest BCUT2D eigenvalue weighted by Gasteiger charge is -1.95. The summed E-state index contributed by atoms with van der Waals surface area (Å²) < 4.78 is 1.23. The van der Waals surface area contributed by atoms with Crippen molar-refractivity contribution < 1.29 is 4.79 Å². The van der Waals surface area contributed by atoms with Crippen molar-refractivity contribution >= 4 is 27.7 Å². The predicted molar refractivity (Wildman–Crippen MR) is 61.3 cm³/mol. The van der Waals surface area contributed by atoms with E-state index in [1.165, 1.54) is 21.2 Å². The van der Waals surface area contributed by atoms with Gasteiger partial charge in [0.25, 0.3) is 0 Å². The summed E-state index contributed by atoms with van der Waals surface area (Å²) in [6.07, 6.45) is 1.90. The molecular weight excluding hydrogens is 192 g/mol. The minimum Gasteiger partial charge on any atom is -0.297 e. The lowest BCUT2D eigenvalue weighted by atomic mass is 10.1. The molecule has 0 bridgehead atoms. The highest BCUT2D eigenvalue weighted by molar-refractivity contribution is 7.20. The van der Waals surface area contributed by atoms with Crippen LogP contribution in [0.1, 0.15) is 27.7 Å². The summed E-state index contributed by atoms with van der Waals surface area (Å²) in [4.78, 5) is 11.7. The molecule has 0 N–H and O–H groups in total. The van der Waals surface area contributed by atoms with E-state index < -0.39 is 0 Å². The van der Waals surface area contributed by atoms with Gasteiger partial charge in [0.15, 0.2) is 6.29 Å². The molecule has 1 aromatic heterocycles. The fourth-order valence-electron chi connectivity index (χ4n) is 1.74. The quantitative estimate of drug-likeness (QED) is 0.683. The number of carbonyl (C=O) groups is 1. The van der Waals surface area contributed by atoms with Crippen LogP contribution in [0.15, 0.2) is 18.2 Å².